The van der Waals surface area contributed by atoms with Gasteiger partial charge in [-0.1, -0.05) is 6.07 Å². The first-order valence-corrected chi connectivity index (χ1v) is 14.3. The number of carbonyl (C=O) groups excluding carboxylic acids is 1. The van der Waals surface area contributed by atoms with E-state index >= 15 is 0 Å². The van der Waals surface area contributed by atoms with Crippen LogP contribution in [0, 0.1) is 12.8 Å². The zero-order chi connectivity index (χ0) is 30.1. The summed E-state index contributed by atoms with van der Waals surface area (Å²) in [5.74, 6) is -1.12. The number of aromatic nitrogens is 3. The van der Waals surface area contributed by atoms with Crippen LogP contribution in [0.1, 0.15) is 47.9 Å². The minimum Gasteiger partial charge on any atom is -0.478 e. The van der Waals surface area contributed by atoms with Gasteiger partial charge in [-0.05, 0) is 87.7 Å². The molecule has 1 amide bonds. The zero-order valence-corrected chi connectivity index (χ0v) is 24.9. The molecule has 3 aromatic rings. The number of pyridine rings is 1. The van der Waals surface area contributed by atoms with Crippen LogP contribution in [-0.2, 0) is 32.2 Å². The molecule has 42 heavy (non-hydrogen) atoms. The normalized spacial score (nSPS) is 17.2. The lowest BCUT2D eigenvalue weighted by molar-refractivity contribution is -0.131. The van der Waals surface area contributed by atoms with Gasteiger partial charge in [0, 0.05) is 43.6 Å². The maximum Gasteiger partial charge on any atom is 0.328 e. The predicted molar refractivity (Wildman–Crippen MR) is 161 cm³/mol. The van der Waals surface area contributed by atoms with E-state index in [1.54, 1.807) is 30.6 Å². The van der Waals surface area contributed by atoms with Crippen LogP contribution in [0.25, 0.3) is 11.8 Å². The molecule has 224 valence electrons. The molecule has 0 aliphatic heterocycles. The molecular weight excluding hydrogens is 534 g/mol. The SMILES string of the molecule is COCc1cnn(-c2ccc(CN(C(=O)C3CCC(OCCN(C)C)CC3)c3cncc(C=CC(=O)O)c3)c(C)c2)c1. The lowest BCUT2D eigenvalue weighted by Gasteiger charge is -2.32. The molecule has 0 saturated heterocycles. The fourth-order valence-electron chi connectivity index (χ4n) is 5.16. The molecule has 0 bridgehead atoms. The topological polar surface area (TPSA) is 110 Å². The van der Waals surface area contributed by atoms with Crippen molar-refractivity contribution >= 4 is 23.6 Å². The van der Waals surface area contributed by atoms with Gasteiger partial charge in [0.1, 0.15) is 0 Å². The smallest absolute Gasteiger partial charge is 0.328 e. The number of carboxylic acids is 1. The molecule has 0 atom stereocenters. The van der Waals surface area contributed by atoms with Crippen LogP contribution >= 0.6 is 0 Å². The average molecular weight is 576 g/mol. The maximum atomic E-state index is 14.1. The summed E-state index contributed by atoms with van der Waals surface area (Å²) in [5.41, 5.74) is 5.19. The van der Waals surface area contributed by atoms with E-state index in [4.69, 9.17) is 14.6 Å². The minimum absolute atomic E-state index is 0.0441. The number of aliphatic carboxylic acids is 1. The van der Waals surface area contributed by atoms with E-state index in [2.05, 4.69) is 21.0 Å². The molecule has 1 N–H and O–H groups in total. The number of ether oxygens (including phenoxy) is 2. The number of amides is 1. The second-order valence-electron chi connectivity index (χ2n) is 11.1. The Hall–Kier alpha value is -3.86. The van der Waals surface area contributed by atoms with Crippen LogP contribution in [0.2, 0.25) is 0 Å². The van der Waals surface area contributed by atoms with Gasteiger partial charge in [-0.25, -0.2) is 9.48 Å². The van der Waals surface area contributed by atoms with Crippen molar-refractivity contribution < 1.29 is 24.2 Å². The molecule has 0 spiro atoms. The first kappa shape index (κ1) is 31.1. The van der Waals surface area contributed by atoms with Gasteiger partial charge in [0.25, 0.3) is 0 Å². The highest BCUT2D eigenvalue weighted by molar-refractivity contribution is 5.95. The van der Waals surface area contributed by atoms with Crippen molar-refractivity contribution in [1.29, 1.82) is 0 Å². The Morgan fingerprint density at radius 1 is 1.12 bits per heavy atom. The van der Waals surface area contributed by atoms with Crippen LogP contribution < -0.4 is 4.90 Å². The molecule has 2 heterocycles. The third-order valence-electron chi connectivity index (χ3n) is 7.52. The van der Waals surface area contributed by atoms with Gasteiger partial charge < -0.3 is 24.4 Å². The summed E-state index contributed by atoms with van der Waals surface area (Å²) in [6.45, 7) is 4.45. The van der Waals surface area contributed by atoms with Crippen molar-refractivity contribution in [2.75, 3.05) is 39.3 Å². The van der Waals surface area contributed by atoms with Crippen molar-refractivity contribution in [3.8, 4) is 5.69 Å². The van der Waals surface area contributed by atoms with Crippen LogP contribution in [0.5, 0.6) is 0 Å². The molecule has 10 heteroatoms. The number of hydrogen-bond donors (Lipinski definition) is 1. The molecule has 2 aromatic heterocycles. The van der Waals surface area contributed by atoms with Crippen molar-refractivity contribution in [3.05, 3.63) is 77.4 Å². The Bertz CT molecular complexity index is 1380. The second-order valence-corrected chi connectivity index (χ2v) is 11.1. The number of carbonyl (C=O) groups is 2. The van der Waals surface area contributed by atoms with E-state index in [1.165, 1.54) is 6.08 Å². The number of methoxy groups -OCH3 is 1. The van der Waals surface area contributed by atoms with E-state index in [-0.39, 0.29) is 17.9 Å². The van der Waals surface area contributed by atoms with Gasteiger partial charge in [-0.3, -0.25) is 9.78 Å². The summed E-state index contributed by atoms with van der Waals surface area (Å²) >= 11 is 0. The largest absolute Gasteiger partial charge is 0.478 e. The minimum atomic E-state index is -1.04. The van der Waals surface area contributed by atoms with E-state index in [0.29, 0.717) is 31.0 Å². The number of aryl methyl sites for hydroxylation is 1. The van der Waals surface area contributed by atoms with E-state index < -0.39 is 5.97 Å². The molecule has 1 fully saturated rings. The molecule has 1 aliphatic carbocycles. The number of benzene rings is 1. The van der Waals surface area contributed by atoms with Gasteiger partial charge in [-0.15, -0.1) is 0 Å². The molecule has 0 radical (unpaired) electrons. The third-order valence-corrected chi connectivity index (χ3v) is 7.52. The van der Waals surface area contributed by atoms with E-state index in [0.717, 1.165) is 60.7 Å². The summed E-state index contributed by atoms with van der Waals surface area (Å²) in [6.07, 6.45) is 12.9. The van der Waals surface area contributed by atoms with Crippen molar-refractivity contribution in [1.82, 2.24) is 19.7 Å². The fourth-order valence-corrected chi connectivity index (χ4v) is 5.16. The highest BCUT2D eigenvalue weighted by Gasteiger charge is 2.31. The highest BCUT2D eigenvalue weighted by Crippen LogP contribution is 2.31. The number of anilines is 1. The number of hydrogen-bond acceptors (Lipinski definition) is 7. The number of nitrogens with zero attached hydrogens (tertiary/aromatic N) is 5. The molecule has 10 nitrogen and oxygen atoms in total. The Morgan fingerprint density at radius 3 is 2.60 bits per heavy atom. The molecule has 1 saturated carbocycles. The van der Waals surface area contributed by atoms with Gasteiger partial charge in [0.2, 0.25) is 5.91 Å². The molecule has 0 unspecified atom stereocenters. The Morgan fingerprint density at radius 2 is 1.90 bits per heavy atom. The third kappa shape index (κ3) is 8.58. The molecule has 1 aliphatic rings. The monoisotopic (exact) mass is 575 g/mol. The van der Waals surface area contributed by atoms with Crippen LogP contribution in [-0.4, -0.2) is 77.1 Å². The summed E-state index contributed by atoms with van der Waals surface area (Å²) < 4.78 is 13.1. The first-order chi connectivity index (χ1) is 20.2. The fraction of sp³-hybridized carbons (Fsp3) is 0.438. The van der Waals surface area contributed by atoms with Gasteiger partial charge in [0.05, 0.1) is 49.6 Å². The predicted octanol–water partition coefficient (Wildman–Crippen LogP) is 4.49. The van der Waals surface area contributed by atoms with Crippen LogP contribution in [0.3, 0.4) is 0 Å². The summed E-state index contributed by atoms with van der Waals surface area (Å²) in [4.78, 5) is 33.4. The van der Waals surface area contributed by atoms with Crippen molar-refractivity contribution in [3.63, 3.8) is 0 Å². The highest BCUT2D eigenvalue weighted by atomic mass is 16.5. The van der Waals surface area contributed by atoms with E-state index in [9.17, 15) is 9.59 Å². The number of carboxylic acid groups (broad SMARTS) is 1. The molecular formula is C32H41N5O5. The van der Waals surface area contributed by atoms with Crippen molar-refractivity contribution in [2.24, 2.45) is 5.92 Å². The van der Waals surface area contributed by atoms with Crippen LogP contribution in [0.4, 0.5) is 5.69 Å². The second kappa shape index (κ2) is 14.9. The van der Waals surface area contributed by atoms with Gasteiger partial charge >= 0.3 is 5.97 Å². The molecule has 1 aromatic carbocycles. The number of rotatable bonds is 13. The average Bonchev–Trinajstić information content (AvgIpc) is 3.44. The van der Waals surface area contributed by atoms with Gasteiger partial charge in [0.15, 0.2) is 0 Å². The standard InChI is InChI=1S/C32H41N5O5/c1-23-15-28(37-20-25(18-34-37)22-41-4)9-6-27(23)21-36(29-16-24(17-33-19-29)5-12-31(38)39)32(40)26-7-10-30(11-8-26)42-14-13-35(2)3/h5-6,9,12,15-20,26,30H,7-8,10-11,13-14,21-22H2,1-4H3,(H,38,39). The zero-order valence-electron chi connectivity index (χ0n) is 24.9. The summed E-state index contributed by atoms with van der Waals surface area (Å²) in [6, 6.07) is 7.89. The lowest BCUT2D eigenvalue weighted by Crippen LogP contribution is -2.39. The quantitative estimate of drug-likeness (QED) is 0.297. The van der Waals surface area contributed by atoms with Crippen molar-refractivity contribution in [2.45, 2.75) is 51.9 Å². The maximum absolute atomic E-state index is 14.1. The first-order valence-electron chi connectivity index (χ1n) is 14.3. The number of likely N-dealkylation sites (N-methyl/N-ethyl adjacent to an activating group) is 1. The molecule has 4 rings (SSSR count). The van der Waals surface area contributed by atoms with E-state index in [1.807, 2.05) is 50.1 Å². The Kier molecular flexibility index (Phi) is 11.0. The lowest BCUT2D eigenvalue weighted by atomic mass is 9.86. The van der Waals surface area contributed by atoms with Crippen LogP contribution in [0.15, 0.2) is 55.1 Å². The van der Waals surface area contributed by atoms with Gasteiger partial charge in [-0.2, -0.15) is 5.10 Å². The Labute approximate surface area is 247 Å². The Balaban J connectivity index is 1.55. The summed E-state index contributed by atoms with van der Waals surface area (Å²) in [7, 11) is 5.71. The summed E-state index contributed by atoms with van der Waals surface area (Å²) in [5, 5.41) is 13.5.